The minimum atomic E-state index is 0.445. The van der Waals surface area contributed by atoms with E-state index in [-0.39, 0.29) is 0 Å². The summed E-state index contributed by atoms with van der Waals surface area (Å²) in [6.07, 6.45) is 3.16. The molecular weight excluding hydrogens is 286 g/mol. The molecule has 0 radical (unpaired) electrons. The van der Waals surface area contributed by atoms with Crippen LogP contribution in [-0.2, 0) is 6.54 Å². The van der Waals surface area contributed by atoms with E-state index in [0.29, 0.717) is 23.9 Å². The molecule has 0 amide bonds. The summed E-state index contributed by atoms with van der Waals surface area (Å²) in [6.45, 7) is 0.708. The van der Waals surface area contributed by atoms with Crippen molar-refractivity contribution in [2.45, 2.75) is 6.54 Å². The average molecular weight is 299 g/mol. The maximum atomic E-state index is 5.05. The van der Waals surface area contributed by atoms with Crippen LogP contribution in [0.15, 0.2) is 42.7 Å². The second kappa shape index (κ2) is 6.27. The van der Waals surface area contributed by atoms with E-state index >= 15 is 0 Å². The van der Waals surface area contributed by atoms with Gasteiger partial charge in [0.25, 0.3) is 0 Å². The standard InChI is InChI=1S/C14H13N5OS/c1-20-12-9-15-8-11(17-12)13-18-14(21-19-13)16-7-10-5-3-2-4-6-10/h2-6,8-9H,7H2,1H3,(H,16,18,19). The third-order valence-corrected chi connectivity index (χ3v) is 3.44. The molecule has 1 aromatic carbocycles. The average Bonchev–Trinajstić information content (AvgIpc) is 3.03. The number of anilines is 1. The first-order valence-corrected chi connectivity index (χ1v) is 7.10. The number of nitrogens with one attached hydrogen (secondary N) is 1. The van der Waals surface area contributed by atoms with Crippen LogP contribution in [0, 0.1) is 0 Å². The summed E-state index contributed by atoms with van der Waals surface area (Å²) in [4.78, 5) is 12.7. The molecule has 106 valence electrons. The van der Waals surface area contributed by atoms with Crippen LogP contribution < -0.4 is 10.1 Å². The van der Waals surface area contributed by atoms with Crippen molar-refractivity contribution in [3.8, 4) is 17.4 Å². The minimum Gasteiger partial charge on any atom is -0.480 e. The fraction of sp³-hybridized carbons (Fsp3) is 0.143. The Hall–Kier alpha value is -2.54. The highest BCUT2D eigenvalue weighted by Crippen LogP contribution is 2.20. The number of aromatic nitrogens is 4. The van der Waals surface area contributed by atoms with Crippen molar-refractivity contribution in [1.29, 1.82) is 0 Å². The summed E-state index contributed by atoms with van der Waals surface area (Å²) >= 11 is 1.30. The zero-order chi connectivity index (χ0) is 14.5. The molecule has 21 heavy (non-hydrogen) atoms. The number of benzene rings is 1. The Labute approximate surface area is 126 Å². The van der Waals surface area contributed by atoms with Crippen molar-refractivity contribution in [2.75, 3.05) is 12.4 Å². The smallest absolute Gasteiger partial charge is 0.232 e. The molecule has 0 aliphatic carbocycles. The number of hydrogen-bond donors (Lipinski definition) is 1. The van der Waals surface area contributed by atoms with E-state index in [1.54, 1.807) is 19.5 Å². The molecular formula is C14H13N5OS. The number of rotatable bonds is 5. The van der Waals surface area contributed by atoms with Gasteiger partial charge in [-0.3, -0.25) is 4.98 Å². The van der Waals surface area contributed by atoms with Crippen LogP contribution in [0.2, 0.25) is 0 Å². The first-order valence-electron chi connectivity index (χ1n) is 6.33. The molecule has 0 spiro atoms. The van der Waals surface area contributed by atoms with Crippen molar-refractivity contribution in [1.82, 2.24) is 19.3 Å². The van der Waals surface area contributed by atoms with Crippen molar-refractivity contribution in [3.05, 3.63) is 48.3 Å². The summed E-state index contributed by atoms with van der Waals surface area (Å²) in [6, 6.07) is 10.1. The Bertz CT molecular complexity index is 716. The highest BCUT2D eigenvalue weighted by atomic mass is 32.1. The highest BCUT2D eigenvalue weighted by Gasteiger charge is 2.09. The van der Waals surface area contributed by atoms with Crippen molar-refractivity contribution in [2.24, 2.45) is 0 Å². The van der Waals surface area contributed by atoms with Gasteiger partial charge in [0.15, 0.2) is 5.82 Å². The van der Waals surface area contributed by atoms with Crippen molar-refractivity contribution >= 4 is 16.7 Å². The van der Waals surface area contributed by atoms with E-state index in [9.17, 15) is 0 Å². The molecule has 0 bridgehead atoms. The van der Waals surface area contributed by atoms with Crippen molar-refractivity contribution < 1.29 is 4.74 Å². The van der Waals surface area contributed by atoms with Gasteiger partial charge in [-0.1, -0.05) is 30.3 Å². The predicted molar refractivity (Wildman–Crippen MR) is 81.3 cm³/mol. The number of hydrogen-bond acceptors (Lipinski definition) is 7. The molecule has 3 aromatic rings. The lowest BCUT2D eigenvalue weighted by Gasteiger charge is -2.01. The van der Waals surface area contributed by atoms with E-state index in [2.05, 4.69) is 36.8 Å². The zero-order valence-corrected chi connectivity index (χ0v) is 12.2. The van der Waals surface area contributed by atoms with Gasteiger partial charge in [-0.2, -0.15) is 9.36 Å². The monoisotopic (exact) mass is 299 g/mol. The second-order valence-corrected chi connectivity index (χ2v) is 4.96. The van der Waals surface area contributed by atoms with Gasteiger partial charge in [-0.25, -0.2) is 4.98 Å². The van der Waals surface area contributed by atoms with E-state index in [4.69, 9.17) is 4.74 Å². The fourth-order valence-corrected chi connectivity index (χ4v) is 2.30. The third kappa shape index (κ3) is 3.32. The SMILES string of the molecule is COc1cncc(-c2nsc(NCc3ccccc3)n2)n1. The normalized spacial score (nSPS) is 10.3. The summed E-state index contributed by atoms with van der Waals surface area (Å²) < 4.78 is 9.33. The minimum absolute atomic E-state index is 0.445. The summed E-state index contributed by atoms with van der Waals surface area (Å²) in [7, 11) is 1.55. The summed E-state index contributed by atoms with van der Waals surface area (Å²) in [5.74, 6) is 0.989. The molecule has 0 fully saturated rings. The van der Waals surface area contributed by atoms with Crippen LogP contribution in [0.4, 0.5) is 5.13 Å². The lowest BCUT2D eigenvalue weighted by molar-refractivity contribution is 0.396. The molecule has 0 atom stereocenters. The van der Waals surface area contributed by atoms with E-state index in [0.717, 1.165) is 5.13 Å². The van der Waals surface area contributed by atoms with Gasteiger partial charge in [0.2, 0.25) is 11.0 Å². The van der Waals surface area contributed by atoms with Gasteiger partial charge in [0, 0.05) is 18.1 Å². The van der Waals surface area contributed by atoms with E-state index < -0.39 is 0 Å². The predicted octanol–water partition coefficient (Wildman–Crippen LogP) is 2.62. The lowest BCUT2D eigenvalue weighted by Crippen LogP contribution is -1.98. The molecule has 0 unspecified atom stereocenters. The van der Waals surface area contributed by atoms with Crippen LogP contribution in [0.5, 0.6) is 5.88 Å². The van der Waals surface area contributed by atoms with Crippen LogP contribution in [0.3, 0.4) is 0 Å². The number of ether oxygens (including phenoxy) is 1. The van der Waals surface area contributed by atoms with Crippen molar-refractivity contribution in [3.63, 3.8) is 0 Å². The van der Waals surface area contributed by atoms with Crippen LogP contribution >= 0.6 is 11.5 Å². The van der Waals surface area contributed by atoms with Gasteiger partial charge in [0.1, 0.15) is 5.69 Å². The first-order chi connectivity index (χ1) is 10.3. The molecule has 7 heteroatoms. The molecule has 0 aliphatic heterocycles. The fourth-order valence-electron chi connectivity index (χ4n) is 1.73. The molecule has 0 saturated carbocycles. The van der Waals surface area contributed by atoms with Gasteiger partial charge in [0.05, 0.1) is 19.5 Å². The summed E-state index contributed by atoms with van der Waals surface area (Å²) in [5, 5.41) is 3.99. The number of methoxy groups -OCH3 is 1. The lowest BCUT2D eigenvalue weighted by atomic mass is 10.2. The Morgan fingerprint density at radius 2 is 2.00 bits per heavy atom. The Morgan fingerprint density at radius 1 is 1.14 bits per heavy atom. The van der Waals surface area contributed by atoms with E-state index in [1.807, 2.05) is 18.2 Å². The Balaban J connectivity index is 1.71. The van der Waals surface area contributed by atoms with Gasteiger partial charge in [-0.15, -0.1) is 0 Å². The zero-order valence-electron chi connectivity index (χ0n) is 11.4. The van der Waals surface area contributed by atoms with E-state index in [1.165, 1.54) is 17.1 Å². The maximum absolute atomic E-state index is 5.05. The van der Waals surface area contributed by atoms with Gasteiger partial charge >= 0.3 is 0 Å². The molecule has 0 saturated heterocycles. The summed E-state index contributed by atoms with van der Waals surface area (Å²) in [5.41, 5.74) is 1.79. The molecule has 3 rings (SSSR count). The number of nitrogens with zero attached hydrogens (tertiary/aromatic N) is 4. The Kier molecular flexibility index (Phi) is 4.02. The molecule has 2 aromatic heterocycles. The third-order valence-electron chi connectivity index (χ3n) is 2.76. The largest absolute Gasteiger partial charge is 0.480 e. The Morgan fingerprint density at radius 3 is 2.81 bits per heavy atom. The molecule has 1 N–H and O–H groups in total. The second-order valence-electron chi connectivity index (χ2n) is 4.21. The molecule has 6 nitrogen and oxygen atoms in total. The topological polar surface area (TPSA) is 72.8 Å². The van der Waals surface area contributed by atoms with Gasteiger partial charge < -0.3 is 10.1 Å². The van der Waals surface area contributed by atoms with Crippen LogP contribution in [-0.4, -0.2) is 26.4 Å². The highest BCUT2D eigenvalue weighted by molar-refractivity contribution is 7.09. The molecule has 0 aliphatic rings. The quantitative estimate of drug-likeness (QED) is 0.780. The molecule has 2 heterocycles. The van der Waals surface area contributed by atoms with Crippen LogP contribution in [0.1, 0.15) is 5.56 Å². The van der Waals surface area contributed by atoms with Gasteiger partial charge in [-0.05, 0) is 5.56 Å². The first kappa shape index (κ1) is 13.4. The van der Waals surface area contributed by atoms with Crippen LogP contribution in [0.25, 0.3) is 11.5 Å². The maximum Gasteiger partial charge on any atom is 0.232 e.